The van der Waals surface area contributed by atoms with Gasteiger partial charge in [-0.1, -0.05) is 34.1 Å². The highest BCUT2D eigenvalue weighted by Gasteiger charge is 2.09. The van der Waals surface area contributed by atoms with Crippen LogP contribution in [-0.2, 0) is 12.8 Å². The van der Waals surface area contributed by atoms with Crippen LogP contribution in [0.5, 0.6) is 5.75 Å². The Morgan fingerprint density at radius 2 is 1.60 bits per heavy atom. The first-order chi connectivity index (χ1) is 9.58. The third kappa shape index (κ3) is 4.33. The molecule has 20 heavy (non-hydrogen) atoms. The minimum atomic E-state index is -0.392. The molecular formula is C16H16Br2O2. The molecule has 2 rings (SSSR count). The molecule has 0 aliphatic carbocycles. The number of benzene rings is 2. The van der Waals surface area contributed by atoms with Crippen molar-refractivity contribution < 1.29 is 9.84 Å². The molecule has 1 atom stereocenters. The summed E-state index contributed by atoms with van der Waals surface area (Å²) >= 11 is 6.87. The van der Waals surface area contributed by atoms with Crippen molar-refractivity contribution in [2.75, 3.05) is 7.11 Å². The van der Waals surface area contributed by atoms with E-state index >= 15 is 0 Å². The molecule has 4 heteroatoms. The number of halogens is 2. The van der Waals surface area contributed by atoms with Crippen LogP contribution < -0.4 is 4.74 Å². The number of methoxy groups -OCH3 is 1. The lowest BCUT2D eigenvalue weighted by Gasteiger charge is -2.12. The van der Waals surface area contributed by atoms with Gasteiger partial charge in [0.2, 0.25) is 0 Å². The molecule has 0 radical (unpaired) electrons. The molecule has 0 saturated carbocycles. The predicted molar refractivity (Wildman–Crippen MR) is 88.3 cm³/mol. The highest BCUT2D eigenvalue weighted by atomic mass is 79.9. The number of hydrogen-bond donors (Lipinski definition) is 1. The van der Waals surface area contributed by atoms with Crippen molar-refractivity contribution in [2.45, 2.75) is 18.9 Å². The van der Waals surface area contributed by atoms with Crippen LogP contribution >= 0.6 is 31.9 Å². The summed E-state index contributed by atoms with van der Waals surface area (Å²) in [6.07, 6.45) is 0.881. The maximum Gasteiger partial charge on any atom is 0.133 e. The molecule has 0 bridgehead atoms. The molecule has 1 unspecified atom stereocenters. The first-order valence-electron chi connectivity index (χ1n) is 6.33. The number of aliphatic hydroxyl groups excluding tert-OH is 1. The lowest BCUT2D eigenvalue weighted by molar-refractivity contribution is 0.175. The Morgan fingerprint density at radius 3 is 2.20 bits per heavy atom. The zero-order valence-corrected chi connectivity index (χ0v) is 14.3. The van der Waals surface area contributed by atoms with Crippen molar-refractivity contribution in [1.29, 1.82) is 0 Å². The average molecular weight is 400 g/mol. The fraction of sp³-hybridized carbons (Fsp3) is 0.250. The fourth-order valence-electron chi connectivity index (χ4n) is 2.07. The Balaban J connectivity index is 1.99. The molecule has 0 saturated heterocycles. The summed E-state index contributed by atoms with van der Waals surface area (Å²) < 4.78 is 7.16. The van der Waals surface area contributed by atoms with E-state index in [-0.39, 0.29) is 0 Å². The second-order valence-electron chi connectivity index (χ2n) is 4.66. The summed E-state index contributed by atoms with van der Waals surface area (Å²) in [5, 5.41) is 10.2. The Kier molecular flexibility index (Phi) is 5.64. The van der Waals surface area contributed by atoms with Crippen molar-refractivity contribution in [3.63, 3.8) is 0 Å². The number of aliphatic hydroxyl groups is 1. The van der Waals surface area contributed by atoms with Gasteiger partial charge in [0.05, 0.1) is 17.7 Å². The highest BCUT2D eigenvalue weighted by molar-refractivity contribution is 9.10. The summed E-state index contributed by atoms with van der Waals surface area (Å²) in [5.74, 6) is 0.802. The fourth-order valence-corrected chi connectivity index (χ4v) is 2.93. The standard InChI is InChI=1S/C16H16Br2O2/c1-20-16-7-4-12(10-15(16)18)9-14(19)8-11-2-5-13(17)6-3-11/h2-7,10,14,19H,8-9H2,1H3. The first-order valence-corrected chi connectivity index (χ1v) is 7.92. The summed E-state index contributed by atoms with van der Waals surface area (Å²) in [6.45, 7) is 0. The van der Waals surface area contributed by atoms with E-state index in [4.69, 9.17) is 4.74 Å². The Morgan fingerprint density at radius 1 is 1.00 bits per heavy atom. The van der Waals surface area contributed by atoms with Crippen LogP contribution in [0.15, 0.2) is 51.4 Å². The van der Waals surface area contributed by atoms with Crippen LogP contribution in [-0.4, -0.2) is 18.3 Å². The predicted octanol–water partition coefficient (Wildman–Crippen LogP) is 4.37. The number of hydrogen-bond acceptors (Lipinski definition) is 2. The zero-order chi connectivity index (χ0) is 14.5. The van der Waals surface area contributed by atoms with E-state index in [1.54, 1.807) is 7.11 Å². The second-order valence-corrected chi connectivity index (χ2v) is 6.43. The smallest absolute Gasteiger partial charge is 0.133 e. The molecule has 0 spiro atoms. The van der Waals surface area contributed by atoms with E-state index in [0.29, 0.717) is 12.8 Å². The molecule has 2 nitrogen and oxygen atoms in total. The number of rotatable bonds is 5. The van der Waals surface area contributed by atoms with Crippen LogP contribution in [0, 0.1) is 0 Å². The Bertz CT molecular complexity index is 567. The van der Waals surface area contributed by atoms with E-state index in [9.17, 15) is 5.11 Å². The Hall–Kier alpha value is -0.840. The first kappa shape index (κ1) is 15.5. The van der Waals surface area contributed by atoms with E-state index in [2.05, 4.69) is 31.9 Å². The normalized spacial score (nSPS) is 12.2. The quantitative estimate of drug-likeness (QED) is 0.808. The third-order valence-electron chi connectivity index (χ3n) is 3.07. The molecule has 0 amide bonds. The van der Waals surface area contributed by atoms with Gasteiger partial charge in [-0.15, -0.1) is 0 Å². The molecule has 0 fully saturated rings. The van der Waals surface area contributed by atoms with Gasteiger partial charge in [0.25, 0.3) is 0 Å². The molecular weight excluding hydrogens is 384 g/mol. The van der Waals surface area contributed by atoms with E-state index in [1.165, 1.54) is 0 Å². The molecule has 1 N–H and O–H groups in total. The van der Waals surface area contributed by atoms with E-state index in [1.807, 2.05) is 42.5 Å². The zero-order valence-electron chi connectivity index (χ0n) is 11.1. The van der Waals surface area contributed by atoms with E-state index in [0.717, 1.165) is 25.8 Å². The van der Waals surface area contributed by atoms with Gasteiger partial charge in [-0.05, 0) is 64.2 Å². The van der Waals surface area contributed by atoms with Gasteiger partial charge in [0.15, 0.2) is 0 Å². The molecule has 2 aromatic carbocycles. The van der Waals surface area contributed by atoms with Crippen LogP contribution in [0.1, 0.15) is 11.1 Å². The molecule has 2 aromatic rings. The molecule has 0 aromatic heterocycles. The van der Waals surface area contributed by atoms with Gasteiger partial charge >= 0.3 is 0 Å². The van der Waals surface area contributed by atoms with Gasteiger partial charge in [-0.25, -0.2) is 0 Å². The van der Waals surface area contributed by atoms with Gasteiger partial charge in [-0.3, -0.25) is 0 Å². The molecule has 0 heterocycles. The summed E-state index contributed by atoms with van der Waals surface area (Å²) in [4.78, 5) is 0. The lowest BCUT2D eigenvalue weighted by atomic mass is 10.0. The van der Waals surface area contributed by atoms with Crippen LogP contribution in [0.4, 0.5) is 0 Å². The molecule has 0 aliphatic heterocycles. The van der Waals surface area contributed by atoms with Crippen molar-refractivity contribution >= 4 is 31.9 Å². The molecule has 106 valence electrons. The van der Waals surface area contributed by atoms with Crippen molar-refractivity contribution in [3.05, 3.63) is 62.5 Å². The summed E-state index contributed by atoms with van der Waals surface area (Å²) in [7, 11) is 1.64. The maximum absolute atomic E-state index is 10.2. The minimum absolute atomic E-state index is 0.392. The van der Waals surface area contributed by atoms with Crippen LogP contribution in [0.25, 0.3) is 0 Å². The van der Waals surface area contributed by atoms with Crippen molar-refractivity contribution in [3.8, 4) is 5.75 Å². The monoisotopic (exact) mass is 398 g/mol. The SMILES string of the molecule is COc1ccc(CC(O)Cc2ccc(Br)cc2)cc1Br. The van der Waals surface area contributed by atoms with Crippen LogP contribution in [0.2, 0.25) is 0 Å². The minimum Gasteiger partial charge on any atom is -0.496 e. The van der Waals surface area contributed by atoms with E-state index < -0.39 is 6.10 Å². The van der Waals surface area contributed by atoms with Gasteiger partial charge in [0.1, 0.15) is 5.75 Å². The lowest BCUT2D eigenvalue weighted by Crippen LogP contribution is -2.13. The summed E-state index contributed by atoms with van der Waals surface area (Å²) in [6, 6.07) is 13.9. The van der Waals surface area contributed by atoms with Crippen molar-refractivity contribution in [1.82, 2.24) is 0 Å². The molecule has 0 aliphatic rings. The van der Waals surface area contributed by atoms with Crippen LogP contribution in [0.3, 0.4) is 0 Å². The van der Waals surface area contributed by atoms with Gasteiger partial charge < -0.3 is 9.84 Å². The summed E-state index contributed by atoms with van der Waals surface area (Å²) in [5.41, 5.74) is 2.22. The average Bonchev–Trinajstić information content (AvgIpc) is 2.41. The maximum atomic E-state index is 10.2. The Labute approximate surface area is 136 Å². The highest BCUT2D eigenvalue weighted by Crippen LogP contribution is 2.26. The van der Waals surface area contributed by atoms with Gasteiger partial charge in [0, 0.05) is 4.47 Å². The largest absolute Gasteiger partial charge is 0.496 e. The number of ether oxygens (including phenoxy) is 1. The van der Waals surface area contributed by atoms with Crippen molar-refractivity contribution in [2.24, 2.45) is 0 Å². The second kappa shape index (κ2) is 7.25. The van der Waals surface area contributed by atoms with Gasteiger partial charge in [-0.2, -0.15) is 0 Å². The third-order valence-corrected chi connectivity index (χ3v) is 4.22. The topological polar surface area (TPSA) is 29.5 Å².